The minimum atomic E-state index is -3.07. The number of hydrogen-bond acceptors (Lipinski definition) is 6. The van der Waals surface area contributed by atoms with Gasteiger partial charge < -0.3 is 5.32 Å². The van der Waals surface area contributed by atoms with Crippen LogP contribution in [0.15, 0.2) is 6.07 Å². The molecule has 0 aliphatic carbocycles. The van der Waals surface area contributed by atoms with E-state index in [0.29, 0.717) is 26.8 Å². The number of sulfone groups is 1. The Kier molecular flexibility index (Phi) is 4.20. The summed E-state index contributed by atoms with van der Waals surface area (Å²) in [5.74, 6) is 0.00497. The predicted octanol–water partition coefficient (Wildman–Crippen LogP) is 2.84. The normalized spacial score (nSPS) is 13.7. The molecule has 0 spiro atoms. The Morgan fingerprint density at radius 2 is 1.95 bits per heavy atom. The SMILES string of the molecule is CC(CS(C)(=O)=O)Nc1c(Cl)cc(Cl)c2nsnc12. The van der Waals surface area contributed by atoms with Gasteiger partial charge in [0.15, 0.2) is 0 Å². The van der Waals surface area contributed by atoms with Crippen LogP contribution >= 0.6 is 34.9 Å². The molecule has 1 N–H and O–H groups in total. The zero-order valence-corrected chi connectivity index (χ0v) is 13.3. The number of halogens is 2. The minimum Gasteiger partial charge on any atom is -0.379 e. The summed E-state index contributed by atoms with van der Waals surface area (Å²) >= 11 is 13.2. The third-order valence-electron chi connectivity index (χ3n) is 2.39. The van der Waals surface area contributed by atoms with Gasteiger partial charge in [0.2, 0.25) is 0 Å². The molecule has 1 atom stereocenters. The molecule has 0 radical (unpaired) electrons. The summed E-state index contributed by atoms with van der Waals surface area (Å²) in [5, 5.41) is 3.88. The molecule has 2 aromatic rings. The topological polar surface area (TPSA) is 72.0 Å². The molecule has 1 aromatic carbocycles. The van der Waals surface area contributed by atoms with Gasteiger partial charge in [0.05, 0.1) is 33.2 Å². The Bertz CT molecular complexity index is 715. The van der Waals surface area contributed by atoms with Gasteiger partial charge in [0, 0.05) is 12.3 Å². The molecule has 5 nitrogen and oxygen atoms in total. The van der Waals surface area contributed by atoms with Crippen LogP contribution in [0.5, 0.6) is 0 Å². The number of anilines is 1. The van der Waals surface area contributed by atoms with Crippen molar-refractivity contribution in [2.45, 2.75) is 13.0 Å². The van der Waals surface area contributed by atoms with Crippen LogP contribution in [0.1, 0.15) is 6.92 Å². The molecule has 2 rings (SSSR count). The number of rotatable bonds is 4. The lowest BCUT2D eigenvalue weighted by Crippen LogP contribution is -2.25. The molecule has 0 fully saturated rings. The highest BCUT2D eigenvalue weighted by Crippen LogP contribution is 2.35. The highest BCUT2D eigenvalue weighted by molar-refractivity contribution is 7.90. The number of nitrogens with one attached hydrogen (secondary N) is 1. The van der Waals surface area contributed by atoms with E-state index in [9.17, 15) is 8.42 Å². The van der Waals surface area contributed by atoms with Crippen molar-refractivity contribution >= 4 is 61.5 Å². The summed E-state index contributed by atoms with van der Waals surface area (Å²) in [6.45, 7) is 1.76. The predicted molar refractivity (Wildman–Crippen MR) is 80.2 cm³/mol. The van der Waals surface area contributed by atoms with Crippen LogP contribution in [-0.2, 0) is 9.84 Å². The number of benzene rings is 1. The van der Waals surface area contributed by atoms with Crippen LogP contribution in [0.2, 0.25) is 10.0 Å². The average Bonchev–Trinajstić information content (AvgIpc) is 2.70. The van der Waals surface area contributed by atoms with Crippen molar-refractivity contribution in [1.29, 1.82) is 0 Å². The smallest absolute Gasteiger partial charge is 0.149 e. The maximum atomic E-state index is 11.3. The molecule has 0 bridgehead atoms. The van der Waals surface area contributed by atoms with E-state index >= 15 is 0 Å². The first-order chi connectivity index (χ1) is 8.78. The van der Waals surface area contributed by atoms with Crippen molar-refractivity contribution in [1.82, 2.24) is 8.75 Å². The van der Waals surface area contributed by atoms with Gasteiger partial charge >= 0.3 is 0 Å². The Morgan fingerprint density at radius 1 is 1.32 bits per heavy atom. The lowest BCUT2D eigenvalue weighted by atomic mass is 10.2. The minimum absolute atomic E-state index is 0.00497. The molecule has 0 amide bonds. The first kappa shape index (κ1) is 14.8. The van der Waals surface area contributed by atoms with Gasteiger partial charge in [-0.2, -0.15) is 8.75 Å². The molecular weight excluding hydrogens is 329 g/mol. The highest BCUT2D eigenvalue weighted by atomic mass is 35.5. The summed E-state index contributed by atoms with van der Waals surface area (Å²) in [7, 11) is -3.07. The van der Waals surface area contributed by atoms with E-state index in [1.165, 1.54) is 6.26 Å². The van der Waals surface area contributed by atoms with E-state index in [-0.39, 0.29) is 11.8 Å². The molecule has 0 saturated carbocycles. The van der Waals surface area contributed by atoms with Crippen molar-refractivity contribution in [2.24, 2.45) is 0 Å². The average molecular weight is 340 g/mol. The van der Waals surface area contributed by atoms with Crippen molar-refractivity contribution in [3.63, 3.8) is 0 Å². The summed E-state index contributed by atoms with van der Waals surface area (Å²) in [4.78, 5) is 0. The lowest BCUT2D eigenvalue weighted by molar-refractivity contribution is 0.598. The summed E-state index contributed by atoms with van der Waals surface area (Å²) in [6.07, 6.45) is 1.19. The first-order valence-corrected chi connectivity index (χ1v) is 8.87. The standard InChI is InChI=1S/C10H11Cl2N3O2S2/c1-5(4-19(2,16)17)13-8-6(11)3-7(12)9-10(8)15-18-14-9/h3,5,13H,4H2,1-2H3. The van der Waals surface area contributed by atoms with Crippen LogP contribution in [0, 0.1) is 0 Å². The second-order valence-electron chi connectivity index (χ2n) is 4.31. The Labute approximate surface area is 125 Å². The van der Waals surface area contributed by atoms with Gasteiger partial charge in [-0.25, -0.2) is 8.42 Å². The van der Waals surface area contributed by atoms with Crippen LogP contribution in [-0.4, -0.2) is 35.2 Å². The second kappa shape index (κ2) is 5.40. The van der Waals surface area contributed by atoms with E-state index in [1.54, 1.807) is 13.0 Å². The molecule has 9 heteroatoms. The Balaban J connectivity index is 2.38. The fraction of sp³-hybridized carbons (Fsp3) is 0.400. The number of aromatic nitrogens is 2. The number of hydrogen-bond donors (Lipinski definition) is 1. The quantitative estimate of drug-likeness (QED) is 0.927. The highest BCUT2D eigenvalue weighted by Gasteiger charge is 2.17. The summed E-state index contributed by atoms with van der Waals surface area (Å²) < 4.78 is 30.8. The maximum Gasteiger partial charge on any atom is 0.149 e. The van der Waals surface area contributed by atoms with Crippen LogP contribution in [0.4, 0.5) is 5.69 Å². The zero-order valence-electron chi connectivity index (χ0n) is 10.1. The third kappa shape index (κ3) is 3.47. The summed E-state index contributed by atoms with van der Waals surface area (Å²) in [6, 6.07) is 1.28. The Morgan fingerprint density at radius 3 is 2.58 bits per heavy atom. The van der Waals surface area contributed by atoms with Gasteiger partial charge in [-0.15, -0.1) is 0 Å². The van der Waals surface area contributed by atoms with E-state index < -0.39 is 9.84 Å². The largest absolute Gasteiger partial charge is 0.379 e. The van der Waals surface area contributed by atoms with Gasteiger partial charge in [0.25, 0.3) is 0 Å². The first-order valence-electron chi connectivity index (χ1n) is 5.32. The molecule has 1 unspecified atom stereocenters. The van der Waals surface area contributed by atoms with Gasteiger partial charge in [-0.1, -0.05) is 23.2 Å². The fourth-order valence-electron chi connectivity index (χ4n) is 1.75. The fourth-order valence-corrected chi connectivity index (χ4v) is 3.91. The van der Waals surface area contributed by atoms with Gasteiger partial charge in [-0.3, -0.25) is 0 Å². The number of nitrogens with zero attached hydrogens (tertiary/aromatic N) is 2. The van der Waals surface area contributed by atoms with Gasteiger partial charge in [-0.05, 0) is 13.0 Å². The summed E-state index contributed by atoms with van der Waals surface area (Å²) in [5.41, 5.74) is 1.68. The molecule has 0 aliphatic rings. The van der Waals surface area contributed by atoms with Crippen LogP contribution < -0.4 is 5.32 Å². The monoisotopic (exact) mass is 339 g/mol. The Hall–Kier alpha value is -0.630. The maximum absolute atomic E-state index is 11.3. The molecule has 1 heterocycles. The van der Waals surface area contributed by atoms with Crippen LogP contribution in [0.3, 0.4) is 0 Å². The van der Waals surface area contributed by atoms with E-state index in [0.717, 1.165) is 11.7 Å². The molecular formula is C10H11Cl2N3O2S2. The van der Waals surface area contributed by atoms with E-state index in [2.05, 4.69) is 14.1 Å². The van der Waals surface area contributed by atoms with Crippen molar-refractivity contribution in [3.05, 3.63) is 16.1 Å². The molecule has 104 valence electrons. The van der Waals surface area contributed by atoms with Crippen LogP contribution in [0.25, 0.3) is 11.0 Å². The van der Waals surface area contributed by atoms with Crippen molar-refractivity contribution in [3.8, 4) is 0 Å². The van der Waals surface area contributed by atoms with Crippen molar-refractivity contribution < 1.29 is 8.42 Å². The third-order valence-corrected chi connectivity index (χ3v) is 4.61. The zero-order chi connectivity index (χ0) is 14.2. The van der Waals surface area contributed by atoms with E-state index in [1.807, 2.05) is 0 Å². The molecule has 1 aromatic heterocycles. The van der Waals surface area contributed by atoms with E-state index in [4.69, 9.17) is 23.2 Å². The molecule has 0 aliphatic heterocycles. The lowest BCUT2D eigenvalue weighted by Gasteiger charge is -2.15. The van der Waals surface area contributed by atoms with Gasteiger partial charge in [0.1, 0.15) is 20.9 Å². The molecule has 0 saturated heterocycles. The number of fused-ring (bicyclic) bond motifs is 1. The second-order valence-corrected chi connectivity index (χ2v) is 7.84. The van der Waals surface area contributed by atoms with Crippen molar-refractivity contribution in [2.75, 3.05) is 17.3 Å². The molecule has 19 heavy (non-hydrogen) atoms.